The van der Waals surface area contributed by atoms with Crippen LogP contribution in [0, 0.1) is 0 Å². The zero-order chi connectivity index (χ0) is 10.6. The van der Waals surface area contributed by atoms with Crippen LogP contribution < -0.4 is 11.3 Å². The van der Waals surface area contributed by atoms with E-state index in [2.05, 4.69) is 15.6 Å². The average molecular weight is 234 g/mol. The minimum absolute atomic E-state index is 0.202. The molecule has 2 unspecified atom stereocenters. The number of hydrogen-bond acceptors (Lipinski definition) is 7. The van der Waals surface area contributed by atoms with E-state index in [4.69, 9.17) is 5.84 Å². The molecule has 1 heterocycles. The highest BCUT2D eigenvalue weighted by Crippen LogP contribution is 2.23. The number of aromatic nitrogens is 2. The first kappa shape index (κ1) is 11.7. The smallest absolute Gasteiger partial charge is 0.219 e. The number of nitrogens with two attached hydrogens (primary N) is 1. The Kier molecular flexibility index (Phi) is 4.59. The van der Waals surface area contributed by atoms with Crippen LogP contribution in [0.2, 0.25) is 0 Å². The first-order valence-electron chi connectivity index (χ1n) is 4.22. The van der Waals surface area contributed by atoms with Crippen molar-refractivity contribution in [2.24, 2.45) is 5.84 Å². The highest BCUT2D eigenvalue weighted by molar-refractivity contribution is 7.99. The number of aliphatic hydroxyl groups excluding tert-OH is 1. The monoisotopic (exact) mass is 234 g/mol. The van der Waals surface area contributed by atoms with Crippen LogP contribution in [0.1, 0.15) is 18.9 Å². The number of hydrogen-bond donors (Lipinski definition) is 3. The molecule has 2 atom stereocenters. The molecular weight excluding hydrogens is 220 g/mol. The Labute approximate surface area is 91.1 Å². The quantitative estimate of drug-likeness (QED) is 0.517. The van der Waals surface area contributed by atoms with Crippen molar-refractivity contribution in [3.63, 3.8) is 0 Å². The molecule has 7 heteroatoms. The molecule has 1 aromatic heterocycles. The van der Waals surface area contributed by atoms with Crippen molar-refractivity contribution in [3.8, 4) is 0 Å². The molecule has 0 aliphatic heterocycles. The van der Waals surface area contributed by atoms with Gasteiger partial charge in [0.1, 0.15) is 5.01 Å². The van der Waals surface area contributed by atoms with Gasteiger partial charge in [0.25, 0.3) is 0 Å². The molecule has 0 fully saturated rings. The Morgan fingerprint density at radius 1 is 1.57 bits per heavy atom. The minimum atomic E-state index is -0.306. The maximum absolute atomic E-state index is 9.26. The highest BCUT2D eigenvalue weighted by Gasteiger charge is 2.11. The molecule has 0 aliphatic rings. The van der Waals surface area contributed by atoms with E-state index >= 15 is 0 Å². The van der Waals surface area contributed by atoms with E-state index in [-0.39, 0.29) is 11.4 Å². The van der Waals surface area contributed by atoms with Gasteiger partial charge in [-0.15, -0.1) is 22.0 Å². The van der Waals surface area contributed by atoms with Crippen molar-refractivity contribution in [1.29, 1.82) is 0 Å². The van der Waals surface area contributed by atoms with Crippen molar-refractivity contribution in [1.82, 2.24) is 10.2 Å². The fraction of sp³-hybridized carbons (Fsp3) is 0.714. The van der Waals surface area contributed by atoms with E-state index in [1.807, 2.05) is 6.92 Å². The number of aliphatic hydroxyl groups is 1. The summed E-state index contributed by atoms with van der Waals surface area (Å²) in [4.78, 5) is 0. The van der Waals surface area contributed by atoms with E-state index < -0.39 is 0 Å². The van der Waals surface area contributed by atoms with Crippen molar-refractivity contribution >= 4 is 28.2 Å². The molecule has 0 bridgehead atoms. The van der Waals surface area contributed by atoms with E-state index in [1.165, 1.54) is 11.3 Å². The first-order chi connectivity index (χ1) is 6.63. The average Bonchev–Trinajstić information content (AvgIpc) is 2.61. The lowest BCUT2D eigenvalue weighted by atomic mass is 10.3. The van der Waals surface area contributed by atoms with E-state index in [0.717, 1.165) is 10.8 Å². The summed E-state index contributed by atoms with van der Waals surface area (Å²) < 4.78 is 0. The van der Waals surface area contributed by atoms with Gasteiger partial charge in [-0.2, -0.15) is 0 Å². The maximum Gasteiger partial charge on any atom is 0.219 e. The summed E-state index contributed by atoms with van der Waals surface area (Å²) in [7, 11) is 0. The number of nitrogen functional groups attached to an aromatic ring is 1. The predicted octanol–water partition coefficient (Wildman–Crippen LogP) is 0.826. The summed E-state index contributed by atoms with van der Waals surface area (Å²) in [5.41, 5.74) is 2.44. The summed E-state index contributed by atoms with van der Waals surface area (Å²) >= 11 is 3.08. The number of anilines is 1. The SMILES string of the molecule is CC(O)C(C)SCc1nnc(NN)s1. The van der Waals surface area contributed by atoms with Gasteiger partial charge in [0.15, 0.2) is 0 Å². The van der Waals surface area contributed by atoms with Crippen LogP contribution in [0.3, 0.4) is 0 Å². The van der Waals surface area contributed by atoms with Crippen LogP contribution in [-0.2, 0) is 5.75 Å². The van der Waals surface area contributed by atoms with Gasteiger partial charge in [-0.3, -0.25) is 5.43 Å². The molecule has 0 spiro atoms. The summed E-state index contributed by atoms with van der Waals surface area (Å²) in [6, 6.07) is 0. The Morgan fingerprint density at radius 2 is 2.29 bits per heavy atom. The molecule has 0 radical (unpaired) electrons. The lowest BCUT2D eigenvalue weighted by molar-refractivity contribution is 0.196. The summed E-state index contributed by atoms with van der Waals surface area (Å²) in [5.74, 6) is 5.93. The van der Waals surface area contributed by atoms with Gasteiger partial charge < -0.3 is 5.11 Å². The maximum atomic E-state index is 9.26. The molecule has 80 valence electrons. The largest absolute Gasteiger partial charge is 0.392 e. The molecule has 1 aromatic rings. The summed E-state index contributed by atoms with van der Waals surface area (Å²) in [5, 5.41) is 18.8. The van der Waals surface area contributed by atoms with Gasteiger partial charge in [0.2, 0.25) is 5.13 Å². The van der Waals surface area contributed by atoms with Gasteiger partial charge in [0, 0.05) is 11.0 Å². The summed E-state index contributed by atoms with van der Waals surface area (Å²) in [6.45, 7) is 3.77. The zero-order valence-electron chi connectivity index (χ0n) is 8.10. The van der Waals surface area contributed by atoms with Crippen LogP contribution in [0.4, 0.5) is 5.13 Å². The van der Waals surface area contributed by atoms with E-state index in [9.17, 15) is 5.11 Å². The molecule has 4 N–H and O–H groups in total. The molecule has 0 saturated heterocycles. The lowest BCUT2D eigenvalue weighted by Crippen LogP contribution is -2.15. The van der Waals surface area contributed by atoms with Crippen molar-refractivity contribution in [3.05, 3.63) is 5.01 Å². The second-order valence-electron chi connectivity index (χ2n) is 2.90. The Bertz CT molecular complexity index is 278. The molecular formula is C7H14N4OS2. The lowest BCUT2D eigenvalue weighted by Gasteiger charge is -2.12. The van der Waals surface area contributed by atoms with Crippen molar-refractivity contribution in [2.45, 2.75) is 31.0 Å². The molecule has 5 nitrogen and oxygen atoms in total. The van der Waals surface area contributed by atoms with Crippen LogP contribution in [0.5, 0.6) is 0 Å². The van der Waals surface area contributed by atoms with Crippen LogP contribution in [0.15, 0.2) is 0 Å². The number of rotatable bonds is 5. The Hall–Kier alpha value is -0.370. The Balaban J connectivity index is 2.37. The third-order valence-corrected chi connectivity index (χ3v) is 4.14. The second-order valence-corrected chi connectivity index (χ2v) is 5.33. The van der Waals surface area contributed by atoms with Crippen LogP contribution >= 0.6 is 23.1 Å². The van der Waals surface area contributed by atoms with E-state index in [0.29, 0.717) is 5.13 Å². The topological polar surface area (TPSA) is 84.1 Å². The third-order valence-electron chi connectivity index (χ3n) is 1.74. The van der Waals surface area contributed by atoms with Crippen molar-refractivity contribution in [2.75, 3.05) is 5.43 Å². The summed E-state index contributed by atoms with van der Waals surface area (Å²) in [6.07, 6.45) is -0.306. The number of nitrogens with one attached hydrogen (secondary N) is 1. The molecule has 1 rings (SSSR count). The fourth-order valence-electron chi connectivity index (χ4n) is 0.712. The zero-order valence-corrected chi connectivity index (χ0v) is 9.73. The molecule has 0 amide bonds. The fourth-order valence-corrected chi connectivity index (χ4v) is 2.34. The van der Waals surface area contributed by atoms with Gasteiger partial charge in [-0.05, 0) is 6.92 Å². The van der Waals surface area contributed by atoms with Crippen LogP contribution in [0.25, 0.3) is 0 Å². The predicted molar refractivity (Wildman–Crippen MR) is 60.2 cm³/mol. The molecule has 0 saturated carbocycles. The second kappa shape index (κ2) is 5.50. The normalized spacial score (nSPS) is 15.1. The molecule has 0 aliphatic carbocycles. The van der Waals surface area contributed by atoms with Gasteiger partial charge in [-0.25, -0.2) is 5.84 Å². The minimum Gasteiger partial charge on any atom is -0.392 e. The molecule has 0 aromatic carbocycles. The van der Waals surface area contributed by atoms with Crippen LogP contribution in [-0.4, -0.2) is 26.7 Å². The van der Waals surface area contributed by atoms with Gasteiger partial charge in [0.05, 0.1) is 6.10 Å². The van der Waals surface area contributed by atoms with Gasteiger partial charge >= 0.3 is 0 Å². The number of nitrogens with zero attached hydrogens (tertiary/aromatic N) is 2. The number of thioether (sulfide) groups is 1. The van der Waals surface area contributed by atoms with Crippen molar-refractivity contribution < 1.29 is 5.11 Å². The Morgan fingerprint density at radius 3 is 2.79 bits per heavy atom. The van der Waals surface area contributed by atoms with E-state index in [1.54, 1.807) is 18.7 Å². The number of hydrazine groups is 1. The third kappa shape index (κ3) is 3.41. The highest BCUT2D eigenvalue weighted by atomic mass is 32.2. The van der Waals surface area contributed by atoms with Gasteiger partial charge in [-0.1, -0.05) is 18.3 Å². The first-order valence-corrected chi connectivity index (χ1v) is 6.08. The molecule has 14 heavy (non-hydrogen) atoms. The standard InChI is InChI=1S/C7H14N4OS2/c1-4(12)5(2)13-3-6-10-11-7(9-8)14-6/h4-5,12H,3,8H2,1-2H3,(H,9,11).